The van der Waals surface area contributed by atoms with E-state index in [2.05, 4.69) is 5.32 Å². The first-order valence-electron chi connectivity index (χ1n) is 16.9. The number of sulfonamides is 1. The van der Waals surface area contributed by atoms with Gasteiger partial charge in [0.15, 0.2) is 11.5 Å². The van der Waals surface area contributed by atoms with Crippen molar-refractivity contribution < 1.29 is 41.3 Å². The summed E-state index contributed by atoms with van der Waals surface area (Å²) in [6, 6.07) is 22.5. The second-order valence-corrected chi connectivity index (χ2v) is 14.3. The molecule has 0 aliphatic heterocycles. The van der Waals surface area contributed by atoms with Gasteiger partial charge in [0.25, 0.3) is 10.0 Å². The van der Waals surface area contributed by atoms with Crippen LogP contribution in [0.15, 0.2) is 95.9 Å². The van der Waals surface area contributed by atoms with E-state index in [0.29, 0.717) is 17.1 Å². The third-order valence-corrected chi connectivity index (χ3v) is 10.9. The van der Waals surface area contributed by atoms with Gasteiger partial charge >= 0.3 is 0 Å². The highest BCUT2D eigenvalue weighted by Gasteiger charge is 2.37. The Balaban J connectivity index is 1.64. The molecule has 1 unspecified atom stereocenters. The number of amides is 2. The molecule has 0 heterocycles. The summed E-state index contributed by atoms with van der Waals surface area (Å²) in [6.07, 6.45) is 3.76. The van der Waals surface area contributed by atoms with E-state index in [-0.39, 0.29) is 47.0 Å². The molecule has 13 heteroatoms. The molecule has 1 saturated carbocycles. The van der Waals surface area contributed by atoms with Crippen molar-refractivity contribution in [3.8, 4) is 23.0 Å². The molecule has 4 aromatic rings. The van der Waals surface area contributed by atoms with Crippen molar-refractivity contribution in [2.45, 2.75) is 55.6 Å². The average Bonchev–Trinajstić information content (AvgIpc) is 3.68. The fourth-order valence-corrected chi connectivity index (χ4v) is 7.75. The van der Waals surface area contributed by atoms with Crippen molar-refractivity contribution in [2.24, 2.45) is 0 Å². The number of hydrogen-bond donors (Lipinski definition) is 1. The van der Waals surface area contributed by atoms with E-state index in [1.807, 2.05) is 30.3 Å². The predicted molar refractivity (Wildman–Crippen MR) is 195 cm³/mol. The third-order valence-electron chi connectivity index (χ3n) is 9.12. The molecule has 1 aliphatic rings. The highest BCUT2D eigenvalue weighted by Crippen LogP contribution is 2.38. The summed E-state index contributed by atoms with van der Waals surface area (Å²) in [4.78, 5) is 30.3. The van der Waals surface area contributed by atoms with Crippen molar-refractivity contribution >= 4 is 27.5 Å². The lowest BCUT2D eigenvalue weighted by Crippen LogP contribution is -2.54. The van der Waals surface area contributed by atoms with Gasteiger partial charge in [0, 0.05) is 31.1 Å². The SMILES string of the molecule is COc1ccc(OC)c(N(CC(=O)N(Cc2ccc(F)cc2)C(Cc2ccccc2)C(=O)NC2CCCC2)S(=O)(=O)c2ccc(OC)c(OC)c2)c1. The molecule has 5 rings (SSSR count). The number of hydrogen-bond acceptors (Lipinski definition) is 8. The lowest BCUT2D eigenvalue weighted by molar-refractivity contribution is -0.140. The zero-order chi connectivity index (χ0) is 37.3. The summed E-state index contributed by atoms with van der Waals surface area (Å²) in [5.74, 6) is -0.555. The lowest BCUT2D eigenvalue weighted by atomic mass is 10.0. The van der Waals surface area contributed by atoms with Crippen molar-refractivity contribution in [1.82, 2.24) is 10.2 Å². The fraction of sp³-hybridized carbons (Fsp3) is 0.333. The number of carbonyl (C=O) groups excluding carboxylic acids is 2. The summed E-state index contributed by atoms with van der Waals surface area (Å²) in [5.41, 5.74) is 1.38. The molecule has 0 spiro atoms. The van der Waals surface area contributed by atoms with Crippen LogP contribution in [0.25, 0.3) is 0 Å². The summed E-state index contributed by atoms with van der Waals surface area (Å²) in [5, 5.41) is 3.14. The Hall–Kier alpha value is -5.30. The number of benzene rings is 4. The van der Waals surface area contributed by atoms with Crippen molar-refractivity contribution in [3.05, 3.63) is 108 Å². The molecule has 0 aromatic heterocycles. The van der Waals surface area contributed by atoms with Crippen LogP contribution in [0.1, 0.15) is 36.8 Å². The van der Waals surface area contributed by atoms with Crippen LogP contribution in [-0.2, 0) is 32.6 Å². The smallest absolute Gasteiger partial charge is 0.265 e. The molecule has 1 fully saturated rings. The largest absolute Gasteiger partial charge is 0.497 e. The Labute approximate surface area is 304 Å². The number of methoxy groups -OCH3 is 4. The number of ether oxygens (including phenoxy) is 4. The van der Waals surface area contributed by atoms with E-state index in [9.17, 15) is 22.4 Å². The molecule has 1 atom stereocenters. The third kappa shape index (κ3) is 8.94. The molecular formula is C39H44FN3O8S. The van der Waals surface area contributed by atoms with Gasteiger partial charge in [-0.1, -0.05) is 55.3 Å². The van der Waals surface area contributed by atoms with Crippen LogP contribution in [0.4, 0.5) is 10.1 Å². The topological polar surface area (TPSA) is 124 Å². The van der Waals surface area contributed by atoms with Crippen LogP contribution in [0.2, 0.25) is 0 Å². The molecule has 2 amide bonds. The first kappa shape index (κ1) is 37.9. The van der Waals surface area contributed by atoms with Crippen molar-refractivity contribution in [2.75, 3.05) is 39.3 Å². The molecular weight excluding hydrogens is 690 g/mol. The highest BCUT2D eigenvalue weighted by molar-refractivity contribution is 7.92. The van der Waals surface area contributed by atoms with E-state index in [1.165, 1.54) is 81.9 Å². The summed E-state index contributed by atoms with van der Waals surface area (Å²) < 4.78 is 66.1. The van der Waals surface area contributed by atoms with Gasteiger partial charge in [-0.15, -0.1) is 0 Å². The van der Waals surface area contributed by atoms with Gasteiger partial charge < -0.3 is 29.2 Å². The number of halogens is 1. The van der Waals surface area contributed by atoms with Gasteiger partial charge in [0.1, 0.15) is 29.9 Å². The number of nitrogens with one attached hydrogen (secondary N) is 1. The number of nitrogens with zero attached hydrogens (tertiary/aromatic N) is 2. The lowest BCUT2D eigenvalue weighted by Gasteiger charge is -2.34. The Morgan fingerprint density at radius 3 is 2.08 bits per heavy atom. The number of carbonyl (C=O) groups is 2. The normalized spacial score (nSPS) is 13.6. The first-order chi connectivity index (χ1) is 25.1. The summed E-state index contributed by atoms with van der Waals surface area (Å²) >= 11 is 0. The van der Waals surface area contributed by atoms with Gasteiger partial charge in [-0.05, 0) is 60.4 Å². The molecule has 4 aromatic carbocycles. The maximum absolute atomic E-state index is 14.9. The second-order valence-electron chi connectivity index (χ2n) is 12.4. The van der Waals surface area contributed by atoms with Gasteiger partial charge in [0.05, 0.1) is 39.0 Å². The van der Waals surface area contributed by atoms with Crippen LogP contribution < -0.4 is 28.6 Å². The van der Waals surface area contributed by atoms with E-state index in [0.717, 1.165) is 35.6 Å². The quantitative estimate of drug-likeness (QED) is 0.154. The minimum Gasteiger partial charge on any atom is -0.497 e. The molecule has 1 N–H and O–H groups in total. The van der Waals surface area contributed by atoms with Crippen LogP contribution in [0.5, 0.6) is 23.0 Å². The van der Waals surface area contributed by atoms with Crippen molar-refractivity contribution in [1.29, 1.82) is 0 Å². The van der Waals surface area contributed by atoms with Gasteiger partial charge in [-0.2, -0.15) is 0 Å². The second kappa shape index (κ2) is 17.3. The minimum atomic E-state index is -4.54. The summed E-state index contributed by atoms with van der Waals surface area (Å²) in [6.45, 7) is -0.836. The van der Waals surface area contributed by atoms with Gasteiger partial charge in [-0.3, -0.25) is 13.9 Å². The number of anilines is 1. The van der Waals surface area contributed by atoms with Crippen LogP contribution in [-0.4, -0.2) is 72.2 Å². The highest BCUT2D eigenvalue weighted by atomic mass is 32.2. The molecule has 276 valence electrons. The molecule has 11 nitrogen and oxygen atoms in total. The van der Waals surface area contributed by atoms with E-state index in [4.69, 9.17) is 18.9 Å². The van der Waals surface area contributed by atoms with Gasteiger partial charge in [-0.25, -0.2) is 12.8 Å². The van der Waals surface area contributed by atoms with E-state index < -0.39 is 34.3 Å². The average molecular weight is 734 g/mol. The van der Waals surface area contributed by atoms with E-state index in [1.54, 1.807) is 12.1 Å². The Bertz CT molecular complexity index is 1940. The predicted octanol–water partition coefficient (Wildman–Crippen LogP) is 5.75. The standard InChI is InChI=1S/C39H44FN3O8S/c1-48-31-18-20-35(49-2)33(23-31)43(52(46,47)32-19-21-36(50-3)37(24-32)51-4)26-38(44)42(25-28-14-16-29(40)17-15-28)34(22-27-10-6-5-7-11-27)39(45)41-30-12-8-9-13-30/h5-7,10-11,14-21,23-24,30,34H,8-9,12-13,22,25-26H2,1-4H3,(H,41,45). The zero-order valence-electron chi connectivity index (χ0n) is 29.7. The van der Waals surface area contributed by atoms with Crippen LogP contribution in [0, 0.1) is 5.82 Å². The molecule has 52 heavy (non-hydrogen) atoms. The fourth-order valence-electron chi connectivity index (χ4n) is 6.32. The molecule has 1 aliphatic carbocycles. The first-order valence-corrected chi connectivity index (χ1v) is 18.4. The van der Waals surface area contributed by atoms with Crippen LogP contribution in [0.3, 0.4) is 0 Å². The molecule has 0 saturated heterocycles. The monoisotopic (exact) mass is 733 g/mol. The molecule has 0 bridgehead atoms. The Morgan fingerprint density at radius 2 is 1.44 bits per heavy atom. The minimum absolute atomic E-state index is 0.0294. The Morgan fingerprint density at radius 1 is 0.788 bits per heavy atom. The molecule has 0 radical (unpaired) electrons. The zero-order valence-corrected chi connectivity index (χ0v) is 30.5. The number of rotatable bonds is 16. The maximum atomic E-state index is 14.9. The van der Waals surface area contributed by atoms with Crippen molar-refractivity contribution in [3.63, 3.8) is 0 Å². The summed E-state index contributed by atoms with van der Waals surface area (Å²) in [7, 11) is 1.11. The maximum Gasteiger partial charge on any atom is 0.265 e. The Kier molecular flexibility index (Phi) is 12.6. The van der Waals surface area contributed by atoms with Gasteiger partial charge in [0.2, 0.25) is 11.8 Å². The van der Waals surface area contributed by atoms with E-state index >= 15 is 0 Å². The van der Waals surface area contributed by atoms with Crippen LogP contribution >= 0.6 is 0 Å².